The van der Waals surface area contributed by atoms with Crippen LogP contribution in [0.1, 0.15) is 46.0 Å². The summed E-state index contributed by atoms with van der Waals surface area (Å²) in [4.78, 5) is 29.8. The molecule has 0 aliphatic carbocycles. The van der Waals surface area contributed by atoms with Gasteiger partial charge in [0, 0.05) is 23.5 Å². The lowest BCUT2D eigenvalue weighted by Crippen LogP contribution is -2.07. The summed E-state index contributed by atoms with van der Waals surface area (Å²) < 4.78 is 10.1. The number of aryl methyl sites for hydroxylation is 1. The van der Waals surface area contributed by atoms with Gasteiger partial charge in [0.05, 0.1) is 13.2 Å². The van der Waals surface area contributed by atoms with Gasteiger partial charge in [0.2, 0.25) is 0 Å². The molecular formula is C16H20N2O4. The first kappa shape index (κ1) is 15.9. The number of esters is 2. The third kappa shape index (κ3) is 2.77. The van der Waals surface area contributed by atoms with Crippen molar-refractivity contribution >= 4 is 11.9 Å². The topological polar surface area (TPSA) is 84.2 Å². The van der Waals surface area contributed by atoms with E-state index in [0.717, 1.165) is 22.3 Å². The van der Waals surface area contributed by atoms with E-state index in [9.17, 15) is 9.59 Å². The zero-order valence-corrected chi connectivity index (χ0v) is 13.2. The van der Waals surface area contributed by atoms with E-state index in [-0.39, 0.29) is 0 Å². The normalized spacial score (nSPS) is 10.5. The van der Waals surface area contributed by atoms with Crippen LogP contribution in [0.5, 0.6) is 0 Å². The van der Waals surface area contributed by atoms with Crippen molar-refractivity contribution in [2.24, 2.45) is 0 Å². The Morgan fingerprint density at radius 3 is 2.09 bits per heavy atom. The molecule has 2 aromatic rings. The number of aromatic nitrogens is 2. The van der Waals surface area contributed by atoms with Gasteiger partial charge >= 0.3 is 11.9 Å². The molecule has 0 atom stereocenters. The number of rotatable bonds is 5. The Morgan fingerprint density at radius 2 is 1.50 bits per heavy atom. The second kappa shape index (κ2) is 6.51. The highest BCUT2D eigenvalue weighted by Crippen LogP contribution is 2.32. The van der Waals surface area contributed by atoms with E-state index in [1.165, 1.54) is 0 Å². The smallest absolute Gasteiger partial charge is 0.355 e. The summed E-state index contributed by atoms with van der Waals surface area (Å²) in [6, 6.07) is 0. The average molecular weight is 304 g/mol. The fourth-order valence-electron chi connectivity index (χ4n) is 2.40. The first-order valence-corrected chi connectivity index (χ1v) is 7.21. The Kier molecular flexibility index (Phi) is 4.70. The molecule has 0 saturated carbocycles. The molecule has 2 heterocycles. The fraction of sp³-hybridized carbons (Fsp3) is 0.375. The molecular weight excluding hydrogens is 284 g/mol. The summed E-state index contributed by atoms with van der Waals surface area (Å²) in [5.41, 5.74) is 3.95. The van der Waals surface area contributed by atoms with Gasteiger partial charge in [0.25, 0.3) is 0 Å². The molecule has 0 spiro atoms. The SMILES string of the molecule is CCOC(=O)c1[nH]cc(-c2c(C)c[nH]c2C(=O)OCC)c1C. The Hall–Kier alpha value is -2.50. The molecule has 118 valence electrons. The zero-order chi connectivity index (χ0) is 16.3. The highest BCUT2D eigenvalue weighted by Gasteiger charge is 2.23. The maximum absolute atomic E-state index is 12.1. The van der Waals surface area contributed by atoms with Crippen LogP contribution in [0, 0.1) is 13.8 Å². The average Bonchev–Trinajstić information content (AvgIpc) is 3.02. The van der Waals surface area contributed by atoms with Crippen molar-refractivity contribution in [3.05, 3.63) is 34.9 Å². The number of carbonyl (C=O) groups is 2. The predicted molar refractivity (Wildman–Crippen MR) is 82.0 cm³/mol. The summed E-state index contributed by atoms with van der Waals surface area (Å²) in [5, 5.41) is 0. The number of hydrogen-bond donors (Lipinski definition) is 2. The number of carbonyl (C=O) groups excluding carboxylic acids is 2. The van der Waals surface area contributed by atoms with Gasteiger partial charge in [-0.05, 0) is 38.8 Å². The van der Waals surface area contributed by atoms with E-state index in [0.29, 0.717) is 24.6 Å². The van der Waals surface area contributed by atoms with E-state index < -0.39 is 11.9 Å². The van der Waals surface area contributed by atoms with Crippen molar-refractivity contribution < 1.29 is 19.1 Å². The van der Waals surface area contributed by atoms with Crippen LogP contribution in [0.4, 0.5) is 0 Å². The number of hydrogen-bond acceptors (Lipinski definition) is 4. The Labute approximate surface area is 128 Å². The molecule has 0 aliphatic heterocycles. The van der Waals surface area contributed by atoms with Crippen molar-refractivity contribution in [2.75, 3.05) is 13.2 Å². The summed E-state index contributed by atoms with van der Waals surface area (Å²) in [5.74, 6) is -0.819. The monoisotopic (exact) mass is 304 g/mol. The molecule has 22 heavy (non-hydrogen) atoms. The molecule has 0 fully saturated rings. The summed E-state index contributed by atoms with van der Waals surface area (Å²) in [6.45, 7) is 7.84. The minimum absolute atomic E-state index is 0.302. The van der Waals surface area contributed by atoms with Crippen molar-refractivity contribution in [3.8, 4) is 11.1 Å². The number of H-pyrrole nitrogens is 2. The van der Waals surface area contributed by atoms with Crippen LogP contribution in [0.2, 0.25) is 0 Å². The molecule has 2 rings (SSSR count). The summed E-state index contributed by atoms with van der Waals surface area (Å²) >= 11 is 0. The van der Waals surface area contributed by atoms with Gasteiger partial charge in [-0.15, -0.1) is 0 Å². The second-order valence-corrected chi connectivity index (χ2v) is 4.86. The first-order chi connectivity index (χ1) is 10.5. The Balaban J connectivity index is 2.47. The van der Waals surface area contributed by atoms with Crippen LogP contribution in [-0.2, 0) is 9.47 Å². The molecule has 0 bridgehead atoms. The number of aromatic amines is 2. The first-order valence-electron chi connectivity index (χ1n) is 7.21. The molecule has 2 aromatic heterocycles. The maximum Gasteiger partial charge on any atom is 0.355 e. The van der Waals surface area contributed by atoms with E-state index in [1.54, 1.807) is 26.2 Å². The lowest BCUT2D eigenvalue weighted by atomic mass is 10.0. The molecule has 0 amide bonds. The zero-order valence-electron chi connectivity index (χ0n) is 13.2. The number of ether oxygens (including phenoxy) is 2. The van der Waals surface area contributed by atoms with Crippen LogP contribution >= 0.6 is 0 Å². The van der Waals surface area contributed by atoms with Gasteiger partial charge in [-0.25, -0.2) is 9.59 Å². The largest absolute Gasteiger partial charge is 0.461 e. The standard InChI is InChI=1S/C16H20N2O4/c1-5-21-15(19)13-10(4)11(8-18-13)12-9(3)7-17-14(12)16(20)22-6-2/h7-8,17-18H,5-6H2,1-4H3. The summed E-state index contributed by atoms with van der Waals surface area (Å²) in [7, 11) is 0. The van der Waals surface area contributed by atoms with Crippen LogP contribution in [0.3, 0.4) is 0 Å². The minimum Gasteiger partial charge on any atom is -0.461 e. The lowest BCUT2D eigenvalue weighted by Gasteiger charge is -2.06. The Morgan fingerprint density at radius 1 is 0.955 bits per heavy atom. The molecule has 6 nitrogen and oxygen atoms in total. The molecule has 0 saturated heterocycles. The van der Waals surface area contributed by atoms with Crippen molar-refractivity contribution in [3.63, 3.8) is 0 Å². The van der Waals surface area contributed by atoms with Gasteiger partial charge in [0.1, 0.15) is 11.4 Å². The second-order valence-electron chi connectivity index (χ2n) is 4.86. The fourth-order valence-corrected chi connectivity index (χ4v) is 2.40. The van der Waals surface area contributed by atoms with E-state index >= 15 is 0 Å². The predicted octanol–water partition coefficient (Wildman–Crippen LogP) is 2.98. The van der Waals surface area contributed by atoms with Crippen molar-refractivity contribution in [2.45, 2.75) is 27.7 Å². The molecule has 6 heteroatoms. The Bertz CT molecular complexity index is 697. The van der Waals surface area contributed by atoms with E-state index in [1.807, 2.05) is 13.8 Å². The highest BCUT2D eigenvalue weighted by molar-refractivity contribution is 5.99. The third-order valence-electron chi connectivity index (χ3n) is 3.45. The van der Waals surface area contributed by atoms with Gasteiger partial charge < -0.3 is 19.4 Å². The van der Waals surface area contributed by atoms with Crippen LogP contribution in [0.15, 0.2) is 12.4 Å². The highest BCUT2D eigenvalue weighted by atomic mass is 16.5. The van der Waals surface area contributed by atoms with Gasteiger partial charge in [-0.2, -0.15) is 0 Å². The van der Waals surface area contributed by atoms with Gasteiger partial charge in [-0.3, -0.25) is 0 Å². The van der Waals surface area contributed by atoms with Crippen LogP contribution in [0.25, 0.3) is 11.1 Å². The third-order valence-corrected chi connectivity index (χ3v) is 3.45. The molecule has 0 aliphatic rings. The van der Waals surface area contributed by atoms with E-state index in [4.69, 9.17) is 9.47 Å². The minimum atomic E-state index is -0.413. The van der Waals surface area contributed by atoms with Crippen LogP contribution in [-0.4, -0.2) is 35.1 Å². The van der Waals surface area contributed by atoms with Crippen molar-refractivity contribution in [1.82, 2.24) is 9.97 Å². The molecule has 0 aromatic carbocycles. The molecule has 0 unspecified atom stereocenters. The molecule has 0 radical (unpaired) electrons. The number of nitrogens with one attached hydrogen (secondary N) is 2. The van der Waals surface area contributed by atoms with Gasteiger partial charge in [0.15, 0.2) is 0 Å². The van der Waals surface area contributed by atoms with Gasteiger partial charge in [-0.1, -0.05) is 0 Å². The maximum atomic E-state index is 12.1. The quantitative estimate of drug-likeness (QED) is 0.832. The van der Waals surface area contributed by atoms with Crippen molar-refractivity contribution in [1.29, 1.82) is 0 Å². The molecule has 2 N–H and O–H groups in total. The van der Waals surface area contributed by atoms with E-state index in [2.05, 4.69) is 9.97 Å². The summed E-state index contributed by atoms with van der Waals surface area (Å²) in [6.07, 6.45) is 3.46. The van der Waals surface area contributed by atoms with Crippen LogP contribution < -0.4 is 0 Å². The lowest BCUT2D eigenvalue weighted by molar-refractivity contribution is 0.0511.